The minimum absolute atomic E-state index is 0.298. The minimum atomic E-state index is -1.32. The summed E-state index contributed by atoms with van der Waals surface area (Å²) in [5, 5.41) is 10.3. The van der Waals surface area contributed by atoms with Crippen LogP contribution >= 0.6 is 0 Å². The van der Waals surface area contributed by atoms with Crippen LogP contribution in [-0.4, -0.2) is 22.9 Å². The predicted molar refractivity (Wildman–Crippen MR) is 137 cm³/mol. The SMILES string of the molecule is Cc1ccccc1-c1cccc2c(CCCOc3cccc4c3[C@H]3CC[C@@H]4C3)c(OC(=O)O)[nH]c12. The Hall–Kier alpha value is -3.73. The van der Waals surface area contributed by atoms with E-state index in [1.165, 1.54) is 30.4 Å². The molecule has 0 amide bonds. The molecule has 1 fully saturated rings. The normalized spacial score (nSPS) is 18.1. The van der Waals surface area contributed by atoms with Gasteiger partial charge < -0.3 is 19.6 Å². The summed E-state index contributed by atoms with van der Waals surface area (Å²) in [5.41, 5.74) is 7.99. The number of aromatic amines is 1. The van der Waals surface area contributed by atoms with Gasteiger partial charge in [0.25, 0.3) is 0 Å². The molecule has 6 rings (SSSR count). The third kappa shape index (κ3) is 3.85. The van der Waals surface area contributed by atoms with Gasteiger partial charge in [-0.2, -0.15) is 0 Å². The van der Waals surface area contributed by atoms with Crippen LogP contribution in [0, 0.1) is 6.92 Å². The number of carboxylic acid groups (broad SMARTS) is 1. The quantitative estimate of drug-likeness (QED) is 0.217. The molecule has 3 aromatic carbocycles. The van der Waals surface area contributed by atoms with E-state index < -0.39 is 6.16 Å². The average Bonchev–Trinajstić information content (AvgIpc) is 3.56. The largest absolute Gasteiger partial charge is 0.512 e. The van der Waals surface area contributed by atoms with Gasteiger partial charge in [0.1, 0.15) is 5.75 Å². The third-order valence-electron chi connectivity index (χ3n) is 7.74. The van der Waals surface area contributed by atoms with Gasteiger partial charge in [-0.25, -0.2) is 4.79 Å². The number of fused-ring (bicyclic) bond motifs is 6. The van der Waals surface area contributed by atoms with Crippen molar-refractivity contribution in [2.75, 3.05) is 6.61 Å². The highest BCUT2D eigenvalue weighted by molar-refractivity contribution is 5.98. The second-order valence-electron chi connectivity index (χ2n) is 9.76. The Morgan fingerprint density at radius 2 is 1.80 bits per heavy atom. The Kier molecular flexibility index (Phi) is 5.48. The van der Waals surface area contributed by atoms with E-state index in [0.29, 0.717) is 30.7 Å². The summed E-state index contributed by atoms with van der Waals surface area (Å²) in [6.45, 7) is 2.65. The van der Waals surface area contributed by atoms with E-state index >= 15 is 0 Å². The second-order valence-corrected chi connectivity index (χ2v) is 9.76. The van der Waals surface area contributed by atoms with Gasteiger partial charge in [0, 0.05) is 22.1 Å². The molecule has 2 N–H and O–H groups in total. The van der Waals surface area contributed by atoms with E-state index in [-0.39, 0.29) is 0 Å². The number of ether oxygens (including phenoxy) is 2. The van der Waals surface area contributed by atoms with Gasteiger partial charge in [-0.05, 0) is 73.6 Å². The Labute approximate surface area is 204 Å². The van der Waals surface area contributed by atoms with Gasteiger partial charge in [0.15, 0.2) is 0 Å². The predicted octanol–water partition coefficient (Wildman–Crippen LogP) is 7.58. The fraction of sp³-hybridized carbons (Fsp3) is 0.300. The van der Waals surface area contributed by atoms with Crippen molar-refractivity contribution in [3.8, 4) is 22.8 Å². The van der Waals surface area contributed by atoms with Crippen LogP contribution in [0.3, 0.4) is 0 Å². The molecule has 5 heteroatoms. The summed E-state index contributed by atoms with van der Waals surface area (Å²) >= 11 is 0. The van der Waals surface area contributed by atoms with Crippen LogP contribution in [-0.2, 0) is 6.42 Å². The number of aryl methyl sites for hydroxylation is 2. The molecular weight excluding hydrogens is 438 g/mol. The number of aromatic nitrogens is 1. The van der Waals surface area contributed by atoms with E-state index in [9.17, 15) is 9.90 Å². The first-order valence-corrected chi connectivity index (χ1v) is 12.5. The van der Waals surface area contributed by atoms with Crippen LogP contribution in [0.25, 0.3) is 22.0 Å². The molecule has 0 spiro atoms. The van der Waals surface area contributed by atoms with E-state index in [2.05, 4.69) is 48.3 Å². The lowest BCUT2D eigenvalue weighted by Crippen LogP contribution is -2.07. The van der Waals surface area contributed by atoms with Crippen molar-refractivity contribution >= 4 is 17.1 Å². The lowest BCUT2D eigenvalue weighted by molar-refractivity contribution is 0.142. The van der Waals surface area contributed by atoms with Crippen molar-refractivity contribution in [3.63, 3.8) is 0 Å². The number of rotatable bonds is 7. The summed E-state index contributed by atoms with van der Waals surface area (Å²) in [7, 11) is 0. The fourth-order valence-electron chi connectivity index (χ4n) is 6.21. The van der Waals surface area contributed by atoms with Gasteiger partial charge >= 0.3 is 6.16 Å². The molecule has 1 heterocycles. The van der Waals surface area contributed by atoms with Gasteiger partial charge in [-0.15, -0.1) is 0 Å². The first-order valence-electron chi connectivity index (χ1n) is 12.5. The van der Waals surface area contributed by atoms with Gasteiger partial charge in [-0.3, -0.25) is 0 Å². The number of carbonyl (C=O) groups is 1. The van der Waals surface area contributed by atoms with Crippen LogP contribution in [0.1, 0.15) is 59.8 Å². The second kappa shape index (κ2) is 8.81. The molecule has 2 bridgehead atoms. The average molecular weight is 468 g/mol. The lowest BCUT2D eigenvalue weighted by Gasteiger charge is -2.19. The van der Waals surface area contributed by atoms with E-state index in [1.807, 2.05) is 24.3 Å². The smallest absolute Gasteiger partial charge is 0.493 e. The monoisotopic (exact) mass is 467 g/mol. The summed E-state index contributed by atoms with van der Waals surface area (Å²) in [5.74, 6) is 2.68. The van der Waals surface area contributed by atoms with Crippen molar-refractivity contribution in [3.05, 3.63) is 82.9 Å². The molecule has 0 saturated heterocycles. The topological polar surface area (TPSA) is 71.6 Å². The molecule has 2 aliphatic rings. The Balaban J connectivity index is 1.25. The zero-order chi connectivity index (χ0) is 23.9. The third-order valence-corrected chi connectivity index (χ3v) is 7.74. The fourth-order valence-corrected chi connectivity index (χ4v) is 6.21. The molecule has 0 aliphatic heterocycles. The molecule has 2 atom stereocenters. The molecule has 0 unspecified atom stereocenters. The van der Waals surface area contributed by atoms with Crippen LogP contribution in [0.2, 0.25) is 0 Å². The van der Waals surface area contributed by atoms with E-state index in [0.717, 1.165) is 45.3 Å². The highest BCUT2D eigenvalue weighted by Gasteiger charge is 2.38. The highest BCUT2D eigenvalue weighted by atomic mass is 16.7. The maximum absolute atomic E-state index is 11.4. The zero-order valence-corrected chi connectivity index (χ0v) is 19.8. The molecule has 1 saturated carbocycles. The summed E-state index contributed by atoms with van der Waals surface area (Å²) < 4.78 is 11.5. The summed E-state index contributed by atoms with van der Waals surface area (Å²) in [4.78, 5) is 14.7. The van der Waals surface area contributed by atoms with Gasteiger partial charge in [0.05, 0.1) is 12.1 Å². The number of benzene rings is 3. The van der Waals surface area contributed by atoms with Crippen molar-refractivity contribution in [1.29, 1.82) is 0 Å². The minimum Gasteiger partial charge on any atom is -0.493 e. The Morgan fingerprint density at radius 3 is 2.66 bits per heavy atom. The van der Waals surface area contributed by atoms with Crippen LogP contribution < -0.4 is 9.47 Å². The molecular formula is C30H29NO4. The lowest BCUT2D eigenvalue weighted by atomic mass is 9.91. The van der Waals surface area contributed by atoms with Crippen LogP contribution in [0.5, 0.6) is 11.6 Å². The molecule has 1 aromatic heterocycles. The maximum atomic E-state index is 11.4. The molecule has 0 radical (unpaired) electrons. The van der Waals surface area contributed by atoms with Crippen molar-refractivity contribution in [2.45, 2.75) is 50.9 Å². The van der Waals surface area contributed by atoms with E-state index in [1.54, 1.807) is 0 Å². The van der Waals surface area contributed by atoms with Crippen LogP contribution in [0.15, 0.2) is 60.7 Å². The molecule has 178 valence electrons. The molecule has 4 aromatic rings. The number of H-pyrrole nitrogens is 1. The molecule has 2 aliphatic carbocycles. The zero-order valence-electron chi connectivity index (χ0n) is 19.8. The summed E-state index contributed by atoms with van der Waals surface area (Å²) in [6.07, 6.45) is 3.94. The highest BCUT2D eigenvalue weighted by Crippen LogP contribution is 2.55. The number of para-hydroxylation sites is 1. The number of hydrogen-bond acceptors (Lipinski definition) is 3. The number of hydrogen-bond donors (Lipinski definition) is 2. The summed E-state index contributed by atoms with van der Waals surface area (Å²) in [6, 6.07) is 20.8. The number of nitrogens with one attached hydrogen (secondary N) is 1. The van der Waals surface area contributed by atoms with Gasteiger partial charge in [0.2, 0.25) is 5.88 Å². The van der Waals surface area contributed by atoms with E-state index in [4.69, 9.17) is 9.47 Å². The first kappa shape index (κ1) is 21.8. The van der Waals surface area contributed by atoms with Crippen molar-refractivity contribution in [2.24, 2.45) is 0 Å². The standard InChI is InChI=1S/C30H29NO4/c1-18-7-2-3-8-21(18)23-10-4-11-24-25(29(31-28(23)24)35-30(32)33)12-6-16-34-26-13-5-9-22-19-14-15-20(17-19)27(22)26/h2-5,7-11,13,19-20,31H,6,12,14-17H2,1H3,(H,32,33)/t19-,20+/m1/s1. The Bertz CT molecular complexity index is 1420. The first-order chi connectivity index (χ1) is 17.1. The van der Waals surface area contributed by atoms with Crippen molar-refractivity contribution in [1.82, 2.24) is 4.98 Å². The van der Waals surface area contributed by atoms with Crippen LogP contribution in [0.4, 0.5) is 4.79 Å². The molecule has 35 heavy (non-hydrogen) atoms. The Morgan fingerprint density at radius 1 is 1.00 bits per heavy atom. The molecule has 5 nitrogen and oxygen atoms in total. The maximum Gasteiger partial charge on any atom is 0.512 e. The van der Waals surface area contributed by atoms with Crippen molar-refractivity contribution < 1.29 is 19.4 Å². The van der Waals surface area contributed by atoms with Gasteiger partial charge in [-0.1, -0.05) is 54.6 Å².